The Labute approximate surface area is 94.8 Å². The molecule has 0 aliphatic carbocycles. The summed E-state index contributed by atoms with van der Waals surface area (Å²) in [6.07, 6.45) is 0.938. The molecule has 0 bridgehead atoms. The van der Waals surface area contributed by atoms with E-state index in [2.05, 4.69) is 5.32 Å². The number of hydrogen-bond donors (Lipinski definition) is 4. The molecule has 94 valence electrons. The number of amides is 1. The molecule has 0 radical (unpaired) electrons. The number of carbonyl (C=O) groups is 2. The minimum atomic E-state index is -1.12. The smallest absolute Gasteiger partial charge is 0.305 e. The Morgan fingerprint density at radius 3 is 2.50 bits per heavy atom. The number of carbonyl (C=O) groups excluding carboxylic acids is 1. The van der Waals surface area contributed by atoms with Crippen molar-refractivity contribution in [1.29, 1.82) is 0 Å². The third-order valence-electron chi connectivity index (χ3n) is 2.16. The molecule has 0 aromatic rings. The van der Waals surface area contributed by atoms with Gasteiger partial charge < -0.3 is 21.3 Å². The first-order valence-electron chi connectivity index (χ1n) is 5.26. The lowest BCUT2D eigenvalue weighted by Gasteiger charge is -2.23. The summed E-state index contributed by atoms with van der Waals surface area (Å²) < 4.78 is 0. The summed E-state index contributed by atoms with van der Waals surface area (Å²) in [5.74, 6) is -1.68. The third kappa shape index (κ3) is 6.36. The number of nitrogens with two attached hydrogens (primary N) is 1. The fraction of sp³-hybridized carbons (Fsp3) is 0.800. The molecule has 0 saturated heterocycles. The van der Waals surface area contributed by atoms with E-state index >= 15 is 0 Å². The van der Waals surface area contributed by atoms with Crippen LogP contribution in [0.4, 0.5) is 0 Å². The molecule has 1 amide bonds. The van der Waals surface area contributed by atoms with Crippen LogP contribution in [-0.2, 0) is 9.59 Å². The van der Waals surface area contributed by atoms with Crippen molar-refractivity contribution >= 4 is 11.9 Å². The maximum atomic E-state index is 11.3. The molecule has 5 N–H and O–H groups in total. The van der Waals surface area contributed by atoms with Gasteiger partial charge in [0.2, 0.25) is 5.91 Å². The Morgan fingerprint density at radius 2 is 2.06 bits per heavy atom. The molecule has 0 aromatic carbocycles. The molecule has 0 aliphatic rings. The van der Waals surface area contributed by atoms with Gasteiger partial charge in [0.25, 0.3) is 0 Å². The molecule has 0 heterocycles. The molecule has 6 nitrogen and oxygen atoms in total. The first-order chi connectivity index (χ1) is 7.28. The standard InChI is InChI=1S/C10H20N2O4/c1-3-4-10(2,16)6-12-9(15)7(11)5-8(13)14/h7,16H,3-6,11H2,1-2H3,(H,12,15)(H,13,14). The lowest BCUT2D eigenvalue weighted by atomic mass is 10.0. The van der Waals surface area contributed by atoms with Crippen LogP contribution >= 0.6 is 0 Å². The first kappa shape index (κ1) is 14.9. The maximum absolute atomic E-state index is 11.3. The van der Waals surface area contributed by atoms with E-state index in [1.165, 1.54) is 0 Å². The van der Waals surface area contributed by atoms with Gasteiger partial charge in [0.1, 0.15) is 0 Å². The van der Waals surface area contributed by atoms with Crippen LogP contribution in [0.1, 0.15) is 33.1 Å². The summed E-state index contributed by atoms with van der Waals surface area (Å²) in [5.41, 5.74) is 4.37. The summed E-state index contributed by atoms with van der Waals surface area (Å²) in [5, 5.41) is 20.6. The van der Waals surface area contributed by atoms with E-state index in [0.29, 0.717) is 6.42 Å². The van der Waals surface area contributed by atoms with E-state index < -0.39 is 29.9 Å². The second kappa shape index (κ2) is 6.44. The predicted octanol–water partition coefficient (Wildman–Crippen LogP) is -0.544. The highest BCUT2D eigenvalue weighted by molar-refractivity contribution is 5.85. The second-order valence-corrected chi connectivity index (χ2v) is 4.17. The van der Waals surface area contributed by atoms with Gasteiger partial charge in [0.05, 0.1) is 18.1 Å². The Balaban J connectivity index is 4.01. The van der Waals surface area contributed by atoms with E-state index in [1.807, 2.05) is 6.92 Å². The SMILES string of the molecule is CCCC(C)(O)CNC(=O)C(N)CC(=O)O. The minimum Gasteiger partial charge on any atom is -0.481 e. The topological polar surface area (TPSA) is 113 Å². The van der Waals surface area contributed by atoms with Crippen LogP contribution in [0.25, 0.3) is 0 Å². The fourth-order valence-electron chi connectivity index (χ4n) is 1.32. The van der Waals surface area contributed by atoms with E-state index in [-0.39, 0.29) is 6.54 Å². The second-order valence-electron chi connectivity index (χ2n) is 4.17. The number of aliphatic carboxylic acids is 1. The van der Waals surface area contributed by atoms with Crippen LogP contribution in [-0.4, -0.2) is 40.3 Å². The fourth-order valence-corrected chi connectivity index (χ4v) is 1.32. The van der Waals surface area contributed by atoms with Gasteiger partial charge in [-0.3, -0.25) is 9.59 Å². The number of nitrogens with one attached hydrogen (secondary N) is 1. The molecule has 6 heteroatoms. The van der Waals surface area contributed by atoms with Crippen LogP contribution < -0.4 is 11.1 Å². The number of carboxylic acid groups (broad SMARTS) is 1. The average Bonchev–Trinajstić information content (AvgIpc) is 2.13. The van der Waals surface area contributed by atoms with Crippen LogP contribution in [0, 0.1) is 0 Å². The van der Waals surface area contributed by atoms with Crippen LogP contribution in [0.2, 0.25) is 0 Å². The van der Waals surface area contributed by atoms with Gasteiger partial charge in [0.15, 0.2) is 0 Å². The monoisotopic (exact) mass is 232 g/mol. The summed E-state index contributed by atoms with van der Waals surface area (Å²) in [6, 6.07) is -1.07. The van der Waals surface area contributed by atoms with Gasteiger partial charge in [-0.1, -0.05) is 13.3 Å². The number of aliphatic hydroxyl groups is 1. The normalized spacial score (nSPS) is 16.2. The van der Waals surface area contributed by atoms with E-state index in [0.717, 1.165) is 6.42 Å². The molecule has 0 aliphatic heterocycles. The molecular weight excluding hydrogens is 212 g/mol. The number of carboxylic acids is 1. The molecule has 2 atom stereocenters. The summed E-state index contributed by atoms with van der Waals surface area (Å²) in [7, 11) is 0. The highest BCUT2D eigenvalue weighted by Crippen LogP contribution is 2.09. The Kier molecular flexibility index (Phi) is 5.98. The third-order valence-corrected chi connectivity index (χ3v) is 2.16. The highest BCUT2D eigenvalue weighted by atomic mass is 16.4. The van der Waals surface area contributed by atoms with Crippen molar-refractivity contribution in [3.63, 3.8) is 0 Å². The molecule has 0 aromatic heterocycles. The van der Waals surface area contributed by atoms with Crippen LogP contribution in [0.5, 0.6) is 0 Å². The van der Waals surface area contributed by atoms with Gasteiger partial charge in [-0.05, 0) is 13.3 Å². The van der Waals surface area contributed by atoms with Crippen molar-refractivity contribution < 1.29 is 19.8 Å². The lowest BCUT2D eigenvalue weighted by Crippen LogP contribution is -2.47. The summed E-state index contributed by atoms with van der Waals surface area (Å²) >= 11 is 0. The van der Waals surface area contributed by atoms with E-state index in [1.54, 1.807) is 6.92 Å². The van der Waals surface area contributed by atoms with Crippen molar-refractivity contribution in [2.45, 2.75) is 44.8 Å². The predicted molar refractivity (Wildman–Crippen MR) is 58.8 cm³/mol. The summed E-state index contributed by atoms with van der Waals surface area (Å²) in [4.78, 5) is 21.6. The summed E-state index contributed by atoms with van der Waals surface area (Å²) in [6.45, 7) is 3.61. The van der Waals surface area contributed by atoms with E-state index in [9.17, 15) is 14.7 Å². The molecule has 16 heavy (non-hydrogen) atoms. The molecule has 2 unspecified atom stereocenters. The van der Waals surface area contributed by atoms with Gasteiger partial charge in [-0.25, -0.2) is 0 Å². The molecule has 0 rings (SSSR count). The quantitative estimate of drug-likeness (QED) is 0.470. The van der Waals surface area contributed by atoms with Crippen LogP contribution in [0.3, 0.4) is 0 Å². The van der Waals surface area contributed by atoms with E-state index in [4.69, 9.17) is 10.8 Å². The van der Waals surface area contributed by atoms with Gasteiger partial charge in [-0.2, -0.15) is 0 Å². The maximum Gasteiger partial charge on any atom is 0.305 e. The van der Waals surface area contributed by atoms with Crippen molar-refractivity contribution in [2.75, 3.05) is 6.54 Å². The molecule has 0 fully saturated rings. The molecular formula is C10H20N2O4. The Hall–Kier alpha value is -1.14. The van der Waals surface area contributed by atoms with Gasteiger partial charge >= 0.3 is 5.97 Å². The van der Waals surface area contributed by atoms with Crippen molar-refractivity contribution in [2.24, 2.45) is 5.73 Å². The zero-order valence-corrected chi connectivity index (χ0v) is 9.69. The zero-order chi connectivity index (χ0) is 12.8. The number of rotatable bonds is 7. The minimum absolute atomic E-state index is 0.0764. The van der Waals surface area contributed by atoms with Crippen molar-refractivity contribution in [1.82, 2.24) is 5.32 Å². The molecule has 0 spiro atoms. The highest BCUT2D eigenvalue weighted by Gasteiger charge is 2.22. The molecule has 0 saturated carbocycles. The van der Waals surface area contributed by atoms with Gasteiger partial charge in [-0.15, -0.1) is 0 Å². The van der Waals surface area contributed by atoms with Crippen molar-refractivity contribution in [3.8, 4) is 0 Å². The van der Waals surface area contributed by atoms with Crippen molar-refractivity contribution in [3.05, 3.63) is 0 Å². The zero-order valence-electron chi connectivity index (χ0n) is 9.69. The van der Waals surface area contributed by atoms with Gasteiger partial charge in [0, 0.05) is 6.54 Å². The lowest BCUT2D eigenvalue weighted by molar-refractivity contribution is -0.139. The van der Waals surface area contributed by atoms with Crippen LogP contribution in [0.15, 0.2) is 0 Å². The largest absolute Gasteiger partial charge is 0.481 e. The average molecular weight is 232 g/mol. The first-order valence-corrected chi connectivity index (χ1v) is 5.26. The Bertz CT molecular complexity index is 253. The Morgan fingerprint density at radius 1 is 1.50 bits per heavy atom. The number of hydrogen-bond acceptors (Lipinski definition) is 4.